The van der Waals surface area contributed by atoms with Crippen molar-refractivity contribution in [3.63, 3.8) is 0 Å². The Morgan fingerprint density at radius 1 is 1.11 bits per heavy atom. The highest BCUT2D eigenvalue weighted by molar-refractivity contribution is 8.00. The molecule has 0 fully saturated rings. The van der Waals surface area contributed by atoms with Gasteiger partial charge in [0.1, 0.15) is 0 Å². The van der Waals surface area contributed by atoms with Gasteiger partial charge in [-0.15, -0.1) is 0 Å². The Morgan fingerprint density at radius 3 is 2.48 bits per heavy atom. The topological polar surface area (TPSA) is 78.7 Å². The van der Waals surface area contributed by atoms with Crippen molar-refractivity contribution in [1.29, 1.82) is 5.26 Å². The van der Waals surface area contributed by atoms with E-state index in [1.54, 1.807) is 24.3 Å². The first-order valence-electron chi connectivity index (χ1n) is 8.44. The molecule has 0 unspecified atom stereocenters. The predicted molar refractivity (Wildman–Crippen MR) is 107 cm³/mol. The third-order valence-electron chi connectivity index (χ3n) is 3.84. The van der Waals surface area contributed by atoms with Gasteiger partial charge in [-0.1, -0.05) is 42.1 Å². The zero-order valence-electron chi connectivity index (χ0n) is 15.0. The largest absolute Gasteiger partial charge is 0.325 e. The normalized spacial score (nSPS) is 11.4. The number of rotatable bonds is 5. The molecule has 3 aromatic rings. The number of nitriles is 1. The molecule has 5 nitrogen and oxygen atoms in total. The summed E-state index contributed by atoms with van der Waals surface area (Å²) in [6.07, 6.45) is 0. The van der Waals surface area contributed by atoms with Crippen LogP contribution in [0, 0.1) is 18.3 Å². The van der Waals surface area contributed by atoms with Gasteiger partial charge in [0, 0.05) is 16.9 Å². The quantitative estimate of drug-likeness (QED) is 0.527. The molecule has 27 heavy (non-hydrogen) atoms. The van der Waals surface area contributed by atoms with Crippen LogP contribution in [0.15, 0.2) is 65.8 Å². The van der Waals surface area contributed by atoms with E-state index >= 15 is 0 Å². The molecular formula is C21H18N4OS. The second-order valence-electron chi connectivity index (χ2n) is 5.98. The van der Waals surface area contributed by atoms with Gasteiger partial charge in [-0.05, 0) is 44.2 Å². The van der Waals surface area contributed by atoms with Gasteiger partial charge in [0.05, 0.1) is 22.6 Å². The Labute approximate surface area is 162 Å². The van der Waals surface area contributed by atoms with E-state index in [0.29, 0.717) is 16.4 Å². The van der Waals surface area contributed by atoms with Crippen molar-refractivity contribution in [3.05, 3.63) is 71.9 Å². The molecule has 1 heterocycles. The van der Waals surface area contributed by atoms with Gasteiger partial charge in [0.2, 0.25) is 5.91 Å². The van der Waals surface area contributed by atoms with Gasteiger partial charge < -0.3 is 5.32 Å². The smallest absolute Gasteiger partial charge is 0.237 e. The third kappa shape index (κ3) is 4.93. The molecule has 3 rings (SSSR count). The van der Waals surface area contributed by atoms with Crippen LogP contribution in [0.1, 0.15) is 18.2 Å². The van der Waals surface area contributed by atoms with E-state index in [9.17, 15) is 4.79 Å². The van der Waals surface area contributed by atoms with Crippen molar-refractivity contribution in [1.82, 2.24) is 9.97 Å². The van der Waals surface area contributed by atoms with Crippen molar-refractivity contribution in [2.24, 2.45) is 0 Å². The van der Waals surface area contributed by atoms with Gasteiger partial charge in [-0.2, -0.15) is 5.26 Å². The van der Waals surface area contributed by atoms with Gasteiger partial charge >= 0.3 is 0 Å². The summed E-state index contributed by atoms with van der Waals surface area (Å²) in [4.78, 5) is 21.5. The van der Waals surface area contributed by atoms with Crippen LogP contribution in [0.5, 0.6) is 0 Å². The molecule has 2 aromatic carbocycles. The van der Waals surface area contributed by atoms with E-state index in [0.717, 1.165) is 17.0 Å². The van der Waals surface area contributed by atoms with E-state index < -0.39 is 0 Å². The van der Waals surface area contributed by atoms with Crippen LogP contribution in [-0.2, 0) is 4.79 Å². The molecule has 6 heteroatoms. The molecule has 134 valence electrons. The first-order valence-corrected chi connectivity index (χ1v) is 9.32. The highest BCUT2D eigenvalue weighted by atomic mass is 32.2. The summed E-state index contributed by atoms with van der Waals surface area (Å²) in [5.74, 6) is -0.143. The lowest BCUT2D eigenvalue weighted by atomic mass is 10.1. The third-order valence-corrected chi connectivity index (χ3v) is 4.80. The average Bonchev–Trinajstić information content (AvgIpc) is 2.68. The van der Waals surface area contributed by atoms with Gasteiger partial charge in [0.25, 0.3) is 0 Å². The first-order chi connectivity index (χ1) is 13.0. The minimum Gasteiger partial charge on any atom is -0.325 e. The number of nitrogens with zero attached hydrogens (tertiary/aromatic N) is 3. The fourth-order valence-corrected chi connectivity index (χ4v) is 3.26. The molecule has 0 aliphatic carbocycles. The predicted octanol–water partition coefficient (Wildman–Crippen LogP) is 4.44. The Hall–Kier alpha value is -3.17. The fraction of sp³-hybridized carbons (Fsp3) is 0.143. The van der Waals surface area contributed by atoms with Gasteiger partial charge in [-0.25, -0.2) is 9.97 Å². The number of carbonyl (C=O) groups excluding carboxylic acids is 1. The summed E-state index contributed by atoms with van der Waals surface area (Å²) < 4.78 is 0. The van der Waals surface area contributed by atoms with Crippen LogP contribution in [0.25, 0.3) is 11.3 Å². The highest BCUT2D eigenvalue weighted by Crippen LogP contribution is 2.25. The molecule has 0 spiro atoms. The maximum absolute atomic E-state index is 12.5. The standard InChI is InChI=1S/C21H18N4OS/c1-14-12-19(17-6-4-3-5-7-17)25-21(23-14)27-15(2)20(26)24-18-10-8-16(13-22)9-11-18/h3-12,15H,1-2H3,(H,24,26)/t15-/m0/s1. The number of thioether (sulfide) groups is 1. The Morgan fingerprint density at radius 2 is 1.81 bits per heavy atom. The van der Waals surface area contributed by atoms with Crippen molar-refractivity contribution in [2.75, 3.05) is 5.32 Å². The van der Waals surface area contributed by atoms with Crippen molar-refractivity contribution < 1.29 is 4.79 Å². The number of anilines is 1. The zero-order valence-corrected chi connectivity index (χ0v) is 15.8. The minimum absolute atomic E-state index is 0.143. The van der Waals surface area contributed by atoms with Crippen molar-refractivity contribution in [2.45, 2.75) is 24.3 Å². The van der Waals surface area contributed by atoms with E-state index in [4.69, 9.17) is 5.26 Å². The summed E-state index contributed by atoms with van der Waals surface area (Å²) in [5, 5.41) is 11.9. The molecule has 1 amide bonds. The summed E-state index contributed by atoms with van der Waals surface area (Å²) in [7, 11) is 0. The Kier molecular flexibility index (Phi) is 5.84. The second-order valence-corrected chi connectivity index (χ2v) is 7.29. The van der Waals surface area contributed by atoms with Crippen LogP contribution >= 0.6 is 11.8 Å². The van der Waals surface area contributed by atoms with Crippen LogP contribution in [0.2, 0.25) is 0 Å². The number of amides is 1. The van der Waals surface area contributed by atoms with Crippen LogP contribution < -0.4 is 5.32 Å². The van der Waals surface area contributed by atoms with Crippen LogP contribution in [0.4, 0.5) is 5.69 Å². The second kappa shape index (κ2) is 8.47. The molecule has 0 bridgehead atoms. The Balaban J connectivity index is 1.71. The molecule has 0 radical (unpaired) electrons. The van der Waals surface area contributed by atoms with Gasteiger partial charge in [0.15, 0.2) is 5.16 Å². The summed E-state index contributed by atoms with van der Waals surface area (Å²) >= 11 is 1.31. The molecular weight excluding hydrogens is 356 g/mol. The molecule has 0 saturated carbocycles. The van der Waals surface area contributed by atoms with Crippen LogP contribution in [0.3, 0.4) is 0 Å². The van der Waals surface area contributed by atoms with Crippen LogP contribution in [-0.4, -0.2) is 21.1 Å². The number of hydrogen-bond acceptors (Lipinski definition) is 5. The van der Waals surface area contributed by atoms with Gasteiger partial charge in [-0.3, -0.25) is 4.79 Å². The Bertz CT molecular complexity index is 981. The monoisotopic (exact) mass is 374 g/mol. The van der Waals surface area contributed by atoms with Crippen molar-refractivity contribution in [3.8, 4) is 17.3 Å². The van der Waals surface area contributed by atoms with Crippen molar-refractivity contribution >= 4 is 23.4 Å². The number of hydrogen-bond donors (Lipinski definition) is 1. The summed E-state index contributed by atoms with van der Waals surface area (Å²) in [6, 6.07) is 20.6. The zero-order chi connectivity index (χ0) is 19.2. The lowest BCUT2D eigenvalue weighted by molar-refractivity contribution is -0.115. The lowest BCUT2D eigenvalue weighted by Crippen LogP contribution is -2.22. The molecule has 1 aromatic heterocycles. The summed E-state index contributed by atoms with van der Waals surface area (Å²) in [6.45, 7) is 3.73. The maximum Gasteiger partial charge on any atom is 0.237 e. The number of benzene rings is 2. The molecule has 0 aliphatic heterocycles. The molecule has 1 N–H and O–H groups in total. The average molecular weight is 374 g/mol. The molecule has 1 atom stereocenters. The summed E-state index contributed by atoms with van der Waals surface area (Å²) in [5.41, 5.74) is 3.91. The van der Waals surface area contributed by atoms with E-state index in [1.807, 2.05) is 50.2 Å². The van der Waals surface area contributed by atoms with E-state index in [-0.39, 0.29) is 11.2 Å². The number of aryl methyl sites for hydroxylation is 1. The lowest BCUT2D eigenvalue weighted by Gasteiger charge is -2.12. The number of aromatic nitrogens is 2. The van der Waals surface area contributed by atoms with E-state index in [1.165, 1.54) is 11.8 Å². The minimum atomic E-state index is -0.369. The SMILES string of the molecule is Cc1cc(-c2ccccc2)nc(S[C@@H](C)C(=O)Nc2ccc(C#N)cc2)n1. The number of nitrogens with one attached hydrogen (secondary N) is 1. The molecule has 0 saturated heterocycles. The molecule has 0 aliphatic rings. The van der Waals surface area contributed by atoms with E-state index in [2.05, 4.69) is 21.4 Å². The maximum atomic E-state index is 12.5. The fourth-order valence-electron chi connectivity index (χ4n) is 2.43. The number of carbonyl (C=O) groups is 1. The first kappa shape index (κ1) is 18.6. The highest BCUT2D eigenvalue weighted by Gasteiger charge is 2.17.